The highest BCUT2D eigenvalue weighted by molar-refractivity contribution is 6.55. The van der Waals surface area contributed by atoms with Gasteiger partial charge in [0.25, 0.3) is 0 Å². The highest BCUT2D eigenvalue weighted by Gasteiger charge is 2.60. The van der Waals surface area contributed by atoms with Crippen LogP contribution in [-0.4, -0.2) is 22.2 Å². The molecule has 4 nitrogen and oxygen atoms in total. The predicted octanol–water partition coefficient (Wildman–Crippen LogP) is 5.27. The Morgan fingerprint density at radius 1 is 1.27 bits per heavy atom. The lowest BCUT2D eigenvalue weighted by Gasteiger charge is -2.19. The van der Waals surface area contributed by atoms with Crippen molar-refractivity contribution in [1.29, 1.82) is 0 Å². The number of carboxylic acids is 2. The van der Waals surface area contributed by atoms with E-state index in [2.05, 4.69) is 0 Å². The van der Waals surface area contributed by atoms with Gasteiger partial charge in [0.05, 0.1) is 5.57 Å². The van der Waals surface area contributed by atoms with Gasteiger partial charge in [-0.25, -0.2) is 9.59 Å². The van der Waals surface area contributed by atoms with E-state index >= 15 is 0 Å². The molecule has 1 fully saturated rings. The molecular weight excluding hydrogens is 375 g/mol. The zero-order valence-corrected chi connectivity index (χ0v) is 16.4. The summed E-state index contributed by atoms with van der Waals surface area (Å²) in [5.41, 5.74) is 1.06. The molecule has 6 heteroatoms. The van der Waals surface area contributed by atoms with Gasteiger partial charge in [-0.1, -0.05) is 68.3 Å². The Bertz CT molecular complexity index is 778. The molecule has 0 radical (unpaired) electrons. The molecule has 0 heterocycles. The van der Waals surface area contributed by atoms with E-state index in [1.54, 1.807) is 24.3 Å². The summed E-state index contributed by atoms with van der Waals surface area (Å²) < 4.78 is 0.108. The van der Waals surface area contributed by atoms with Gasteiger partial charge >= 0.3 is 11.9 Å². The van der Waals surface area contributed by atoms with E-state index in [0.717, 1.165) is 0 Å². The monoisotopic (exact) mass is 396 g/mol. The van der Waals surface area contributed by atoms with Crippen LogP contribution in [0.5, 0.6) is 0 Å². The van der Waals surface area contributed by atoms with Crippen LogP contribution in [0.2, 0.25) is 0 Å². The topological polar surface area (TPSA) is 74.6 Å². The van der Waals surface area contributed by atoms with E-state index in [9.17, 15) is 19.8 Å². The molecule has 0 aromatic rings. The van der Waals surface area contributed by atoms with Crippen LogP contribution in [0.1, 0.15) is 33.6 Å². The van der Waals surface area contributed by atoms with Crippen molar-refractivity contribution < 1.29 is 19.8 Å². The van der Waals surface area contributed by atoms with Gasteiger partial charge < -0.3 is 10.2 Å². The Morgan fingerprint density at radius 2 is 1.92 bits per heavy atom. The molecule has 2 atom stereocenters. The van der Waals surface area contributed by atoms with Crippen molar-refractivity contribution in [2.24, 2.45) is 17.3 Å². The third kappa shape index (κ3) is 3.97. The van der Waals surface area contributed by atoms with Crippen LogP contribution in [-0.2, 0) is 9.59 Å². The normalized spacial score (nSPS) is 26.0. The Kier molecular flexibility index (Phi) is 6.20. The minimum absolute atomic E-state index is 0.108. The summed E-state index contributed by atoms with van der Waals surface area (Å²) >= 11 is 11.6. The SMILES string of the molecule is CCC=C(C(=O)O)C1=CC=CCC1=C(C(=O)O)C1C(C=C(Cl)Cl)C1(C)C. The third-order valence-corrected chi connectivity index (χ3v) is 5.31. The zero-order valence-electron chi connectivity index (χ0n) is 14.9. The zero-order chi connectivity index (χ0) is 19.6. The molecule has 2 aliphatic rings. The van der Waals surface area contributed by atoms with Crippen LogP contribution < -0.4 is 0 Å². The molecule has 0 spiro atoms. The molecule has 0 aliphatic heterocycles. The quantitative estimate of drug-likeness (QED) is 0.599. The van der Waals surface area contributed by atoms with Crippen molar-refractivity contribution in [3.05, 3.63) is 57.2 Å². The fraction of sp³-hybridized carbons (Fsp3) is 0.400. The lowest BCUT2D eigenvalue weighted by atomic mass is 9.85. The highest BCUT2D eigenvalue weighted by Crippen LogP contribution is 2.64. The first-order chi connectivity index (χ1) is 12.1. The Labute approximate surface area is 163 Å². The molecule has 26 heavy (non-hydrogen) atoms. The van der Waals surface area contributed by atoms with Crippen LogP contribution in [0.4, 0.5) is 0 Å². The molecule has 2 rings (SSSR count). The molecule has 0 aromatic heterocycles. The molecule has 140 valence electrons. The van der Waals surface area contributed by atoms with Crippen molar-refractivity contribution >= 4 is 35.1 Å². The van der Waals surface area contributed by atoms with Gasteiger partial charge in [0, 0.05) is 11.5 Å². The van der Waals surface area contributed by atoms with Gasteiger partial charge in [0.1, 0.15) is 4.49 Å². The van der Waals surface area contributed by atoms with E-state index in [1.165, 1.54) is 0 Å². The second-order valence-corrected chi connectivity index (χ2v) is 8.03. The number of hydrogen-bond donors (Lipinski definition) is 2. The van der Waals surface area contributed by atoms with Crippen LogP contribution in [0, 0.1) is 17.3 Å². The molecule has 0 saturated heterocycles. The summed E-state index contributed by atoms with van der Waals surface area (Å²) in [5.74, 6) is -2.50. The van der Waals surface area contributed by atoms with E-state index in [0.29, 0.717) is 24.0 Å². The van der Waals surface area contributed by atoms with Crippen LogP contribution >= 0.6 is 23.2 Å². The first-order valence-corrected chi connectivity index (χ1v) is 9.18. The average Bonchev–Trinajstić information content (AvgIpc) is 3.05. The minimum atomic E-state index is -1.06. The molecule has 1 saturated carbocycles. The summed E-state index contributed by atoms with van der Waals surface area (Å²) in [7, 11) is 0. The Hall–Kier alpha value is -1.78. The molecule has 0 amide bonds. The summed E-state index contributed by atoms with van der Waals surface area (Å²) in [6.07, 6.45) is 9.46. The number of aliphatic carboxylic acids is 2. The van der Waals surface area contributed by atoms with Gasteiger partial charge in [-0.2, -0.15) is 0 Å². The van der Waals surface area contributed by atoms with Gasteiger partial charge in [-0.15, -0.1) is 0 Å². The maximum absolute atomic E-state index is 12.1. The fourth-order valence-corrected chi connectivity index (χ4v) is 3.98. The van der Waals surface area contributed by atoms with Gasteiger partial charge in [-0.05, 0) is 41.4 Å². The van der Waals surface area contributed by atoms with E-state index in [4.69, 9.17) is 23.2 Å². The number of hydrogen-bond acceptors (Lipinski definition) is 2. The van der Waals surface area contributed by atoms with E-state index < -0.39 is 11.9 Å². The Morgan fingerprint density at radius 3 is 2.42 bits per heavy atom. The second kappa shape index (κ2) is 7.85. The number of carboxylic acid groups (broad SMARTS) is 2. The maximum atomic E-state index is 12.1. The smallest absolute Gasteiger partial charge is 0.335 e. The number of carbonyl (C=O) groups is 2. The average molecular weight is 397 g/mol. The molecular formula is C20H22Cl2O4. The van der Waals surface area contributed by atoms with Crippen LogP contribution in [0.15, 0.2) is 57.2 Å². The maximum Gasteiger partial charge on any atom is 0.335 e. The fourth-order valence-electron chi connectivity index (χ4n) is 3.71. The Balaban J connectivity index is 2.62. The summed E-state index contributed by atoms with van der Waals surface area (Å²) in [5, 5.41) is 19.5. The second-order valence-electron chi connectivity index (χ2n) is 7.02. The number of halogens is 2. The van der Waals surface area contributed by atoms with Crippen molar-refractivity contribution in [2.45, 2.75) is 33.6 Å². The van der Waals surface area contributed by atoms with Gasteiger partial charge in [-0.3, -0.25) is 0 Å². The first-order valence-electron chi connectivity index (χ1n) is 8.43. The number of rotatable bonds is 6. The standard InChI is InChI=1S/C20H22Cl2O4/c1-4-7-13(18(23)24)11-8-5-6-9-12(11)16(19(25)26)17-14(10-15(21)22)20(17,2)3/h5-8,10,14,17H,4,9H2,1-3H3,(H,23,24)(H,25,26). The van der Waals surface area contributed by atoms with E-state index in [1.807, 2.05) is 26.8 Å². The van der Waals surface area contributed by atoms with Gasteiger partial charge in [0.15, 0.2) is 0 Å². The van der Waals surface area contributed by atoms with Crippen molar-refractivity contribution in [2.75, 3.05) is 0 Å². The van der Waals surface area contributed by atoms with Crippen LogP contribution in [0.3, 0.4) is 0 Å². The highest BCUT2D eigenvalue weighted by atomic mass is 35.5. The third-order valence-electron chi connectivity index (χ3n) is 5.06. The van der Waals surface area contributed by atoms with Crippen molar-refractivity contribution in [3.8, 4) is 0 Å². The lowest BCUT2D eigenvalue weighted by molar-refractivity contribution is -0.134. The molecule has 0 aromatic carbocycles. The predicted molar refractivity (Wildman–Crippen MR) is 103 cm³/mol. The van der Waals surface area contributed by atoms with Gasteiger partial charge in [0.2, 0.25) is 0 Å². The number of allylic oxidation sites excluding steroid dienone is 6. The first kappa shape index (κ1) is 20.5. The molecule has 2 unspecified atom stereocenters. The summed E-state index contributed by atoms with van der Waals surface area (Å²) in [6, 6.07) is 0. The summed E-state index contributed by atoms with van der Waals surface area (Å²) in [6.45, 7) is 5.76. The van der Waals surface area contributed by atoms with Crippen molar-refractivity contribution in [3.63, 3.8) is 0 Å². The van der Waals surface area contributed by atoms with Crippen molar-refractivity contribution in [1.82, 2.24) is 0 Å². The van der Waals surface area contributed by atoms with Crippen LogP contribution in [0.25, 0.3) is 0 Å². The molecule has 2 aliphatic carbocycles. The van der Waals surface area contributed by atoms with E-state index in [-0.39, 0.29) is 32.9 Å². The minimum Gasteiger partial charge on any atom is -0.478 e. The molecule has 0 bridgehead atoms. The largest absolute Gasteiger partial charge is 0.478 e. The molecule has 2 N–H and O–H groups in total. The lowest BCUT2D eigenvalue weighted by Crippen LogP contribution is -2.15. The summed E-state index contributed by atoms with van der Waals surface area (Å²) in [4.78, 5) is 23.8.